The van der Waals surface area contributed by atoms with Gasteiger partial charge in [-0.05, 0) is 60.5 Å². The van der Waals surface area contributed by atoms with Crippen molar-refractivity contribution in [3.63, 3.8) is 0 Å². The maximum absolute atomic E-state index is 12.9. The summed E-state index contributed by atoms with van der Waals surface area (Å²) in [6, 6.07) is 15.6. The third-order valence-corrected chi connectivity index (χ3v) is 5.07. The molecule has 0 saturated carbocycles. The number of primary amides is 1. The lowest BCUT2D eigenvalue weighted by atomic mass is 10.1. The molecule has 1 heterocycles. The normalized spacial score (nSPS) is 10.6. The third kappa shape index (κ3) is 5.31. The number of carbonyl (C=O) groups is 1. The Morgan fingerprint density at radius 2 is 1.82 bits per heavy atom. The molecule has 0 aliphatic heterocycles. The van der Waals surface area contributed by atoms with Crippen LogP contribution in [0.3, 0.4) is 0 Å². The van der Waals surface area contributed by atoms with Crippen LogP contribution in [-0.4, -0.2) is 19.6 Å². The van der Waals surface area contributed by atoms with E-state index in [1.165, 1.54) is 23.5 Å². The number of carbonyl (C=O) groups excluding carboxylic acids is 1. The summed E-state index contributed by atoms with van der Waals surface area (Å²) in [7, 11) is 1.58. The Balaban J connectivity index is 1.56. The summed E-state index contributed by atoms with van der Waals surface area (Å²) >= 11 is 1.19. The Kier molecular flexibility index (Phi) is 6.62. The van der Waals surface area contributed by atoms with Crippen molar-refractivity contribution in [3.05, 3.63) is 76.4 Å². The summed E-state index contributed by atoms with van der Waals surface area (Å²) in [6.07, 6.45) is 0.819. The van der Waals surface area contributed by atoms with E-state index in [2.05, 4.69) is 5.32 Å². The second kappa shape index (κ2) is 9.34. The van der Waals surface area contributed by atoms with Crippen LogP contribution in [0.4, 0.5) is 4.39 Å². The molecule has 5 nitrogen and oxygen atoms in total. The molecule has 0 spiro atoms. The number of thiophene rings is 1. The second-order valence-electron chi connectivity index (χ2n) is 6.12. The highest BCUT2D eigenvalue weighted by molar-refractivity contribution is 7.15. The molecule has 1 amide bonds. The van der Waals surface area contributed by atoms with Crippen molar-refractivity contribution in [2.24, 2.45) is 5.73 Å². The van der Waals surface area contributed by atoms with Crippen molar-refractivity contribution in [2.45, 2.75) is 13.0 Å². The Bertz CT molecular complexity index is 941. The van der Waals surface area contributed by atoms with E-state index >= 15 is 0 Å². The van der Waals surface area contributed by atoms with Gasteiger partial charge in [-0.1, -0.05) is 29.5 Å². The van der Waals surface area contributed by atoms with E-state index in [0.717, 1.165) is 24.1 Å². The fraction of sp³-hybridized carbons (Fsp3) is 0.190. The molecule has 28 heavy (non-hydrogen) atoms. The largest absolute Gasteiger partial charge is 0.493 e. The van der Waals surface area contributed by atoms with Crippen LogP contribution in [0.2, 0.25) is 0 Å². The van der Waals surface area contributed by atoms with Gasteiger partial charge in [0.1, 0.15) is 5.82 Å². The predicted molar refractivity (Wildman–Crippen MR) is 108 cm³/mol. The first-order valence-electron chi connectivity index (χ1n) is 8.74. The molecule has 0 unspecified atom stereocenters. The monoisotopic (exact) mass is 400 g/mol. The van der Waals surface area contributed by atoms with E-state index in [9.17, 15) is 9.18 Å². The smallest absolute Gasteiger partial charge is 0.258 e. The second-order valence-corrected chi connectivity index (χ2v) is 7.17. The summed E-state index contributed by atoms with van der Waals surface area (Å²) in [5.41, 5.74) is 7.40. The highest BCUT2D eigenvalue weighted by Crippen LogP contribution is 2.35. The van der Waals surface area contributed by atoms with Crippen LogP contribution in [0.25, 0.3) is 0 Å². The van der Waals surface area contributed by atoms with Gasteiger partial charge in [0.25, 0.3) is 5.91 Å². The molecule has 0 fully saturated rings. The SMILES string of the molecule is COc1cc(CNCCc2ccc(F)cc2)ccc1Oc1ccc(C(N)=O)s1. The number of nitrogens with two attached hydrogens (primary N) is 1. The zero-order chi connectivity index (χ0) is 19.9. The lowest BCUT2D eigenvalue weighted by Crippen LogP contribution is -2.16. The van der Waals surface area contributed by atoms with Gasteiger partial charge in [0, 0.05) is 6.54 Å². The molecule has 3 rings (SSSR count). The minimum atomic E-state index is -0.478. The van der Waals surface area contributed by atoms with Crippen LogP contribution in [0.15, 0.2) is 54.6 Å². The van der Waals surface area contributed by atoms with Gasteiger partial charge in [0.2, 0.25) is 0 Å². The molecular formula is C21H21FN2O3S. The van der Waals surface area contributed by atoms with Gasteiger partial charge in [-0.2, -0.15) is 0 Å². The molecule has 2 aromatic carbocycles. The first-order chi connectivity index (χ1) is 13.5. The van der Waals surface area contributed by atoms with Crippen LogP contribution < -0.4 is 20.5 Å². The van der Waals surface area contributed by atoms with E-state index in [-0.39, 0.29) is 5.82 Å². The van der Waals surface area contributed by atoms with Crippen LogP contribution in [0.5, 0.6) is 16.6 Å². The molecule has 1 aromatic heterocycles. The fourth-order valence-corrected chi connectivity index (χ4v) is 3.36. The summed E-state index contributed by atoms with van der Waals surface area (Å²) in [5.74, 6) is 0.468. The summed E-state index contributed by atoms with van der Waals surface area (Å²) in [4.78, 5) is 11.6. The van der Waals surface area contributed by atoms with Gasteiger partial charge < -0.3 is 20.5 Å². The predicted octanol–water partition coefficient (Wildman–Crippen LogP) is 4.12. The molecule has 0 aliphatic carbocycles. The van der Waals surface area contributed by atoms with Crippen molar-refractivity contribution in [1.82, 2.24) is 5.32 Å². The number of ether oxygens (including phenoxy) is 2. The number of hydrogen-bond donors (Lipinski definition) is 2. The van der Waals surface area contributed by atoms with Crippen molar-refractivity contribution in [1.29, 1.82) is 0 Å². The maximum Gasteiger partial charge on any atom is 0.258 e. The quantitative estimate of drug-likeness (QED) is 0.530. The van der Waals surface area contributed by atoms with Gasteiger partial charge >= 0.3 is 0 Å². The number of amides is 1. The number of nitrogens with one attached hydrogen (secondary N) is 1. The number of halogens is 1. The van der Waals surface area contributed by atoms with Gasteiger partial charge in [0.15, 0.2) is 16.6 Å². The molecule has 0 aliphatic rings. The molecule has 3 N–H and O–H groups in total. The molecule has 146 valence electrons. The Morgan fingerprint density at radius 3 is 2.50 bits per heavy atom. The number of methoxy groups -OCH3 is 1. The summed E-state index contributed by atoms with van der Waals surface area (Å²) in [6.45, 7) is 1.44. The molecule has 7 heteroatoms. The molecule has 0 atom stereocenters. The number of rotatable bonds is 9. The van der Waals surface area contributed by atoms with Crippen molar-refractivity contribution in [2.75, 3.05) is 13.7 Å². The lowest BCUT2D eigenvalue weighted by Gasteiger charge is -2.11. The van der Waals surface area contributed by atoms with Crippen molar-refractivity contribution in [3.8, 4) is 16.6 Å². The minimum Gasteiger partial charge on any atom is -0.493 e. The van der Waals surface area contributed by atoms with Crippen LogP contribution in [0.1, 0.15) is 20.8 Å². The standard InChI is InChI=1S/C21H21FN2O3S/c1-26-18-12-15(13-24-11-10-14-2-5-16(22)6-3-14)4-7-17(18)27-20-9-8-19(28-20)21(23)25/h2-9,12,24H,10-11,13H2,1H3,(H2,23,25). The molecule has 3 aromatic rings. The molecular weight excluding hydrogens is 379 g/mol. The van der Waals surface area contributed by atoms with E-state index in [0.29, 0.717) is 28.0 Å². The zero-order valence-corrected chi connectivity index (χ0v) is 16.2. The minimum absolute atomic E-state index is 0.223. The van der Waals surface area contributed by atoms with Gasteiger partial charge in [-0.3, -0.25) is 4.79 Å². The van der Waals surface area contributed by atoms with Crippen LogP contribution in [0, 0.1) is 5.82 Å². The average molecular weight is 400 g/mol. The topological polar surface area (TPSA) is 73.6 Å². The fourth-order valence-electron chi connectivity index (χ4n) is 2.64. The van der Waals surface area contributed by atoms with Gasteiger partial charge in [-0.15, -0.1) is 0 Å². The van der Waals surface area contributed by atoms with Crippen LogP contribution in [-0.2, 0) is 13.0 Å². The first-order valence-corrected chi connectivity index (χ1v) is 9.56. The summed E-state index contributed by atoms with van der Waals surface area (Å²) < 4.78 is 24.2. The third-order valence-electron chi connectivity index (χ3n) is 4.10. The zero-order valence-electron chi connectivity index (χ0n) is 15.4. The summed E-state index contributed by atoms with van der Waals surface area (Å²) in [5, 5.41) is 3.93. The Labute approximate surface area is 166 Å². The Hall–Kier alpha value is -2.90. The van der Waals surface area contributed by atoms with Gasteiger partial charge in [0.05, 0.1) is 12.0 Å². The van der Waals surface area contributed by atoms with Crippen molar-refractivity contribution < 1.29 is 18.7 Å². The van der Waals surface area contributed by atoms with E-state index < -0.39 is 5.91 Å². The number of hydrogen-bond acceptors (Lipinski definition) is 5. The van der Waals surface area contributed by atoms with E-state index in [1.807, 2.05) is 18.2 Å². The number of benzene rings is 2. The first kappa shape index (κ1) is 19.9. The Morgan fingerprint density at radius 1 is 1.07 bits per heavy atom. The lowest BCUT2D eigenvalue weighted by molar-refractivity contribution is 0.100. The van der Waals surface area contributed by atoms with Gasteiger partial charge in [-0.25, -0.2) is 4.39 Å². The highest BCUT2D eigenvalue weighted by Gasteiger charge is 2.11. The maximum atomic E-state index is 12.9. The average Bonchev–Trinajstić information content (AvgIpc) is 3.16. The molecule has 0 saturated heterocycles. The highest BCUT2D eigenvalue weighted by atomic mass is 32.1. The van der Waals surface area contributed by atoms with E-state index in [1.54, 1.807) is 31.4 Å². The van der Waals surface area contributed by atoms with Crippen molar-refractivity contribution >= 4 is 17.2 Å². The van der Waals surface area contributed by atoms with E-state index in [4.69, 9.17) is 15.2 Å². The van der Waals surface area contributed by atoms with Crippen LogP contribution >= 0.6 is 11.3 Å². The molecule has 0 bridgehead atoms. The molecule has 0 radical (unpaired) electrons.